The Morgan fingerprint density at radius 3 is 3.26 bits per heavy atom. The van der Waals surface area contributed by atoms with E-state index in [9.17, 15) is 9.18 Å². The largest absolute Gasteiger partial charge is 0.467 e. The summed E-state index contributed by atoms with van der Waals surface area (Å²) in [4.78, 5) is 14.2. The van der Waals surface area contributed by atoms with Gasteiger partial charge in [0.1, 0.15) is 11.6 Å². The van der Waals surface area contributed by atoms with Crippen LogP contribution in [0.1, 0.15) is 18.1 Å². The molecule has 2 amide bonds. The molecule has 5 nitrogen and oxygen atoms in total. The number of rotatable bonds is 2. The lowest BCUT2D eigenvalue weighted by atomic mass is 10.1. The van der Waals surface area contributed by atoms with E-state index in [-0.39, 0.29) is 25.2 Å². The quantitative estimate of drug-likeness (QED) is 0.899. The second-order valence-corrected chi connectivity index (χ2v) is 7.10. The number of nitrogens with one attached hydrogen (secondary N) is 1. The van der Waals surface area contributed by atoms with Crippen LogP contribution in [0.3, 0.4) is 0 Å². The van der Waals surface area contributed by atoms with Crippen LogP contribution < -0.4 is 10.1 Å². The van der Waals surface area contributed by atoms with Crippen LogP contribution in [0.25, 0.3) is 0 Å². The molecule has 7 heteroatoms. The highest BCUT2D eigenvalue weighted by atomic mass is 32.2. The van der Waals surface area contributed by atoms with Crippen LogP contribution in [-0.2, 0) is 17.9 Å². The third-order valence-corrected chi connectivity index (χ3v) is 5.18. The Bertz CT molecular complexity index is 585. The molecule has 2 aliphatic heterocycles. The fourth-order valence-corrected chi connectivity index (χ4v) is 3.86. The molecule has 0 aliphatic carbocycles. The van der Waals surface area contributed by atoms with Crippen LogP contribution in [0.5, 0.6) is 5.75 Å². The molecule has 0 bridgehead atoms. The van der Waals surface area contributed by atoms with Gasteiger partial charge >= 0.3 is 6.03 Å². The van der Waals surface area contributed by atoms with Crippen LogP contribution >= 0.6 is 11.8 Å². The van der Waals surface area contributed by atoms with Crippen LogP contribution in [-0.4, -0.2) is 42.3 Å². The summed E-state index contributed by atoms with van der Waals surface area (Å²) in [6, 6.07) is 2.71. The Hall–Kier alpha value is -1.47. The number of nitrogens with zero attached hydrogens (tertiary/aromatic N) is 1. The molecule has 23 heavy (non-hydrogen) atoms. The normalized spacial score (nSPS) is 21.1. The van der Waals surface area contributed by atoms with Crippen molar-refractivity contribution in [3.63, 3.8) is 0 Å². The predicted octanol–water partition coefficient (Wildman–Crippen LogP) is 2.59. The summed E-state index contributed by atoms with van der Waals surface area (Å²) in [7, 11) is 0. The average molecular weight is 340 g/mol. The molecule has 2 heterocycles. The first kappa shape index (κ1) is 16.4. The highest BCUT2D eigenvalue weighted by molar-refractivity contribution is 7.99. The molecule has 1 aromatic rings. The number of carbonyl (C=O) groups is 1. The Labute approximate surface area is 139 Å². The summed E-state index contributed by atoms with van der Waals surface area (Å²) in [5.41, 5.74) is 1.33. The van der Waals surface area contributed by atoms with Gasteiger partial charge in [-0.15, -0.1) is 0 Å². The minimum absolute atomic E-state index is 0.107. The van der Waals surface area contributed by atoms with Gasteiger partial charge in [-0.1, -0.05) is 6.92 Å². The number of carbonyl (C=O) groups excluding carboxylic acids is 1. The summed E-state index contributed by atoms with van der Waals surface area (Å²) in [5, 5.41) is 2.88. The molecule has 1 saturated heterocycles. The summed E-state index contributed by atoms with van der Waals surface area (Å²) in [6.45, 7) is 4.37. The molecule has 0 spiro atoms. The van der Waals surface area contributed by atoms with Crippen molar-refractivity contribution < 1.29 is 18.7 Å². The Morgan fingerprint density at radius 2 is 2.39 bits per heavy atom. The third kappa shape index (κ3) is 4.09. The van der Waals surface area contributed by atoms with Gasteiger partial charge in [-0.25, -0.2) is 9.18 Å². The topological polar surface area (TPSA) is 50.8 Å². The minimum atomic E-state index is -0.345. The van der Waals surface area contributed by atoms with E-state index in [1.54, 1.807) is 0 Å². The monoisotopic (exact) mass is 340 g/mol. The first-order valence-electron chi connectivity index (χ1n) is 7.76. The van der Waals surface area contributed by atoms with Crippen LogP contribution in [0.2, 0.25) is 0 Å². The lowest BCUT2D eigenvalue weighted by Crippen LogP contribution is -2.42. The van der Waals surface area contributed by atoms with Gasteiger partial charge in [0.2, 0.25) is 0 Å². The van der Waals surface area contributed by atoms with E-state index in [0.29, 0.717) is 29.4 Å². The Kier molecular flexibility index (Phi) is 5.27. The van der Waals surface area contributed by atoms with Gasteiger partial charge in [0.25, 0.3) is 0 Å². The van der Waals surface area contributed by atoms with E-state index >= 15 is 0 Å². The standard InChI is InChI=1S/C16H21FN2O3S/c1-11-7-19(2-3-23-9-11)16(20)18-6-12-4-14(17)5-13-8-21-10-22-15(12)13/h4-5,11H,2-3,6-10H2,1H3,(H,18,20). The molecule has 1 aromatic carbocycles. The number of ether oxygens (including phenoxy) is 2. The Balaban J connectivity index is 1.66. The van der Waals surface area contributed by atoms with Crippen molar-refractivity contribution in [2.45, 2.75) is 20.1 Å². The van der Waals surface area contributed by atoms with Gasteiger partial charge in [-0.2, -0.15) is 11.8 Å². The number of amides is 2. The van der Waals surface area contributed by atoms with Crippen molar-refractivity contribution in [3.8, 4) is 5.75 Å². The highest BCUT2D eigenvalue weighted by Crippen LogP contribution is 2.29. The van der Waals surface area contributed by atoms with Crippen LogP contribution in [0.15, 0.2) is 12.1 Å². The van der Waals surface area contributed by atoms with Crippen molar-refractivity contribution in [2.24, 2.45) is 5.92 Å². The van der Waals surface area contributed by atoms with Gasteiger partial charge in [0.15, 0.2) is 6.79 Å². The first-order chi connectivity index (χ1) is 11.1. The lowest BCUT2D eigenvalue weighted by molar-refractivity contribution is -0.0173. The average Bonchev–Trinajstić information content (AvgIpc) is 2.76. The van der Waals surface area contributed by atoms with E-state index in [1.807, 2.05) is 16.7 Å². The van der Waals surface area contributed by atoms with Gasteiger partial charge in [0.05, 0.1) is 6.61 Å². The maximum atomic E-state index is 13.7. The smallest absolute Gasteiger partial charge is 0.317 e. The zero-order valence-corrected chi connectivity index (χ0v) is 14.0. The Morgan fingerprint density at radius 1 is 1.52 bits per heavy atom. The molecule has 1 fully saturated rings. The van der Waals surface area contributed by atoms with E-state index in [0.717, 1.165) is 24.6 Å². The summed E-state index contributed by atoms with van der Waals surface area (Å²) >= 11 is 1.87. The predicted molar refractivity (Wildman–Crippen MR) is 87.0 cm³/mol. The molecule has 0 saturated carbocycles. The first-order valence-corrected chi connectivity index (χ1v) is 8.91. The number of hydrogen-bond donors (Lipinski definition) is 1. The molecular formula is C16H21FN2O3S. The van der Waals surface area contributed by atoms with Crippen molar-refractivity contribution in [3.05, 3.63) is 29.1 Å². The lowest BCUT2D eigenvalue weighted by Gasteiger charge is -2.24. The van der Waals surface area contributed by atoms with Crippen molar-refractivity contribution in [1.29, 1.82) is 0 Å². The van der Waals surface area contributed by atoms with Crippen molar-refractivity contribution >= 4 is 17.8 Å². The van der Waals surface area contributed by atoms with Gasteiger partial charge in [0, 0.05) is 36.5 Å². The summed E-state index contributed by atoms with van der Waals surface area (Å²) < 4.78 is 24.3. The molecule has 126 valence electrons. The zero-order valence-electron chi connectivity index (χ0n) is 13.1. The number of urea groups is 1. The number of benzene rings is 1. The summed E-state index contributed by atoms with van der Waals surface area (Å²) in [5.74, 6) is 2.79. The maximum absolute atomic E-state index is 13.7. The molecular weight excluding hydrogens is 319 g/mol. The van der Waals surface area contributed by atoms with Crippen molar-refractivity contribution in [2.75, 3.05) is 31.4 Å². The fourth-order valence-electron chi connectivity index (χ4n) is 2.83. The number of halogens is 1. The molecule has 0 radical (unpaired) electrons. The van der Waals surface area contributed by atoms with Crippen molar-refractivity contribution in [1.82, 2.24) is 10.2 Å². The second kappa shape index (κ2) is 7.40. The zero-order chi connectivity index (χ0) is 16.2. The van der Waals surface area contributed by atoms with E-state index in [1.165, 1.54) is 12.1 Å². The van der Waals surface area contributed by atoms with Gasteiger partial charge in [-0.3, -0.25) is 0 Å². The maximum Gasteiger partial charge on any atom is 0.317 e. The number of hydrogen-bond acceptors (Lipinski definition) is 4. The van der Waals surface area contributed by atoms with Crippen LogP contribution in [0.4, 0.5) is 9.18 Å². The minimum Gasteiger partial charge on any atom is -0.467 e. The van der Waals surface area contributed by atoms with E-state index < -0.39 is 0 Å². The van der Waals surface area contributed by atoms with E-state index in [2.05, 4.69) is 12.2 Å². The number of thioether (sulfide) groups is 1. The second-order valence-electron chi connectivity index (χ2n) is 5.95. The van der Waals surface area contributed by atoms with Crippen LogP contribution in [0, 0.1) is 11.7 Å². The molecule has 1 N–H and O–H groups in total. The highest BCUT2D eigenvalue weighted by Gasteiger charge is 2.21. The fraction of sp³-hybridized carbons (Fsp3) is 0.562. The third-order valence-electron chi connectivity index (χ3n) is 3.91. The molecule has 1 unspecified atom stereocenters. The summed E-state index contributed by atoms with van der Waals surface area (Å²) in [6.07, 6.45) is 0. The number of fused-ring (bicyclic) bond motifs is 1. The molecule has 3 rings (SSSR count). The van der Waals surface area contributed by atoms with Gasteiger partial charge in [-0.05, 0) is 23.8 Å². The van der Waals surface area contributed by atoms with E-state index in [4.69, 9.17) is 9.47 Å². The SMILES string of the molecule is CC1CSCCN(C(=O)NCc2cc(F)cc3c2OCOC3)C1. The molecule has 2 aliphatic rings. The molecule has 0 aromatic heterocycles. The molecule has 1 atom stereocenters. The van der Waals surface area contributed by atoms with Gasteiger partial charge < -0.3 is 19.7 Å².